The summed E-state index contributed by atoms with van der Waals surface area (Å²) < 4.78 is 9.17. The fourth-order valence-corrected chi connectivity index (χ4v) is 8.69. The molecule has 8 rings (SSSR count). The van der Waals surface area contributed by atoms with Gasteiger partial charge in [0.1, 0.15) is 0 Å². The number of pyridine rings is 2. The second-order valence-electron chi connectivity index (χ2n) is 38.0. The monoisotopic (exact) mass is 2160 g/mol. The van der Waals surface area contributed by atoms with Gasteiger partial charge in [0.25, 0.3) is 0 Å². The average molecular weight is 2160 g/mol. The van der Waals surface area contributed by atoms with Crippen LogP contribution in [0.4, 0.5) is 0 Å². The number of nitrogens with zero attached hydrogens (tertiary/aromatic N) is 5. The van der Waals surface area contributed by atoms with Gasteiger partial charge in [-0.25, -0.2) is 0 Å². The second kappa shape index (κ2) is 128. The molecule has 0 aliphatic carbocycles. The van der Waals surface area contributed by atoms with Crippen LogP contribution in [0.3, 0.4) is 0 Å². The number of carbonyl (C=O) groups is 10. The zero-order valence-electron chi connectivity index (χ0n) is 104. The molecule has 150 heavy (non-hydrogen) atoms. The third-order valence-corrected chi connectivity index (χ3v) is 12.1. The molecule has 10 amide bonds. The summed E-state index contributed by atoms with van der Waals surface area (Å²) in [5, 5.41) is 36.7. The fourth-order valence-electron chi connectivity index (χ4n) is 7.88. The van der Waals surface area contributed by atoms with E-state index in [0.717, 1.165) is 5.56 Å². The Bertz CT molecular complexity index is 3350. The summed E-state index contributed by atoms with van der Waals surface area (Å²) in [6, 6.07) is 32.4. The molecule has 11 N–H and O–H groups in total. The van der Waals surface area contributed by atoms with Crippen molar-refractivity contribution in [3.63, 3.8) is 0 Å². The van der Waals surface area contributed by atoms with Crippen LogP contribution in [0.2, 0.25) is 0 Å². The third kappa shape index (κ3) is 264. The number of aromatic nitrogens is 5. The average Bonchev–Trinajstić information content (AvgIpc) is 1.05. The van der Waals surface area contributed by atoms with Gasteiger partial charge < -0.3 is 67.3 Å². The molecular formula is C120H236N16O12S2. The molecule has 0 spiro atoms. The predicted octanol–water partition coefficient (Wildman–Crippen LogP) is 29.8. The Hall–Kier alpha value is -11.1. The molecule has 7 aromatic heterocycles. The van der Waals surface area contributed by atoms with Crippen molar-refractivity contribution in [2.24, 2.45) is 0 Å². The quantitative estimate of drug-likeness (QED) is 0.0689. The topological polar surface area (TPSA) is 394 Å². The number of hydrogen-bond donors (Lipinski definition) is 11. The van der Waals surface area contributed by atoms with E-state index >= 15 is 0 Å². The minimum atomic E-state index is -0.147. The van der Waals surface area contributed by atoms with Crippen LogP contribution in [0.5, 0.6) is 0 Å². The number of amides is 10. The van der Waals surface area contributed by atoms with Gasteiger partial charge in [-0.1, -0.05) is 208 Å². The molecule has 7 heterocycles. The molecule has 1 atom stereocenters. The van der Waals surface area contributed by atoms with Gasteiger partial charge in [0.2, 0.25) is 59.1 Å². The molecule has 0 aliphatic heterocycles. The van der Waals surface area contributed by atoms with Gasteiger partial charge in [0.05, 0.1) is 43.0 Å². The van der Waals surface area contributed by atoms with Gasteiger partial charge in [-0.05, 0) is 287 Å². The molecule has 0 radical (unpaired) electrons. The van der Waals surface area contributed by atoms with Crippen LogP contribution in [0.25, 0.3) is 0 Å². The first-order chi connectivity index (χ1) is 67.7. The van der Waals surface area contributed by atoms with Gasteiger partial charge >= 0.3 is 0 Å². The van der Waals surface area contributed by atoms with E-state index < -0.39 is 0 Å². The van der Waals surface area contributed by atoms with Gasteiger partial charge in [-0.3, -0.25) is 72.9 Å². The third-order valence-electron chi connectivity index (χ3n) is 11.0. The lowest BCUT2D eigenvalue weighted by Gasteiger charge is -2.22. The first-order valence-electron chi connectivity index (χ1n) is 51.1. The minimum absolute atomic E-state index is 0. The molecule has 1 aromatic carbocycles. The number of nitrogens with one attached hydrogen (secondary N) is 11. The Morgan fingerprint density at radius 1 is 0.280 bits per heavy atom. The number of furan rings is 2. The van der Waals surface area contributed by atoms with Gasteiger partial charge in [-0.15, -0.1) is 17.9 Å². The highest BCUT2D eigenvalue weighted by atomic mass is 32.1. The van der Waals surface area contributed by atoms with Crippen LogP contribution >= 0.6 is 22.7 Å². The summed E-state index contributed by atoms with van der Waals surface area (Å²) in [7, 11) is 1.77. The van der Waals surface area contributed by atoms with E-state index in [2.05, 4.69) is 98.8 Å². The molecule has 28 nitrogen and oxygen atoms in total. The number of benzene rings is 1. The molecule has 0 bridgehead atoms. The summed E-state index contributed by atoms with van der Waals surface area (Å²) >= 11 is 3.31. The zero-order valence-corrected chi connectivity index (χ0v) is 105. The van der Waals surface area contributed by atoms with Crippen LogP contribution < -0.4 is 58.5 Å². The second-order valence-corrected chi connectivity index (χ2v) is 39.6. The van der Waals surface area contributed by atoms with Crippen molar-refractivity contribution in [3.05, 3.63) is 224 Å². The number of likely N-dealkylation sites (N-methyl/N-ethyl adjacent to an activating group) is 1. The molecule has 8 aromatic rings. The van der Waals surface area contributed by atoms with Gasteiger partial charge in [-0.2, -0.15) is 11.3 Å². The predicted molar refractivity (Wildman–Crippen MR) is 659 cm³/mol. The highest BCUT2D eigenvalue weighted by Crippen LogP contribution is 2.06. The maximum atomic E-state index is 11.5. The first kappa shape index (κ1) is 190. The van der Waals surface area contributed by atoms with E-state index in [1.54, 1.807) is 122 Å². The van der Waals surface area contributed by atoms with E-state index in [0.29, 0.717) is 12.8 Å². The molecular weight excluding hydrogens is 1920 g/mol. The molecule has 0 fully saturated rings. The SMILES string of the molecule is C.C.C.C=CCC(=O)NC(C)(C)C.CC.CC.CC.CC.CC.CC.CC.CC.CC.CC(=O)NC(C)(C)C.CC(=O)NC(C)(C)C.CC(=O)NC(C)(C)C.CC(=O)NC(C)(C)C.CC(=O)NC(C)(C)C.CC(=O)NC(C)(C)C.CC(=O)NC(C)(C)C.CC(C)(C)NC(=O)Cc1ccccc1.CNC(C)C(=O)NC(C)(C)C.c1ccncc1.c1ccncc1.c1ccoc1.c1ccoc1.c1ccsc1.c1cnccn1.c1cscn1. The van der Waals surface area contributed by atoms with Crippen LogP contribution in [0.15, 0.2) is 227 Å². The van der Waals surface area contributed by atoms with E-state index in [1.807, 2.05) is 459 Å². The maximum Gasteiger partial charge on any atom is 0.237 e. The normalized spacial score (nSPS) is 9.29. The minimum Gasteiger partial charge on any atom is -0.473 e. The lowest BCUT2D eigenvalue weighted by molar-refractivity contribution is -0.124. The van der Waals surface area contributed by atoms with E-state index in [1.165, 1.54) is 48.5 Å². The van der Waals surface area contributed by atoms with Crippen molar-refractivity contribution in [1.82, 2.24) is 83.4 Å². The highest BCUT2D eigenvalue weighted by Gasteiger charge is 2.19. The van der Waals surface area contributed by atoms with Crippen LogP contribution in [-0.4, -0.2) is 152 Å². The molecule has 0 saturated carbocycles. The Kier molecular flexibility index (Phi) is 163. The molecule has 0 aliphatic rings. The smallest absolute Gasteiger partial charge is 0.237 e. The van der Waals surface area contributed by atoms with Crippen molar-refractivity contribution in [2.75, 3.05) is 7.05 Å². The fraction of sp³-hybridized carbons (Fsp3) is 0.608. The van der Waals surface area contributed by atoms with Crippen molar-refractivity contribution < 1.29 is 56.8 Å². The summed E-state index contributed by atoms with van der Waals surface area (Å²) in [4.78, 5) is 125. The molecule has 0 saturated heterocycles. The Morgan fingerprint density at radius 3 is 0.613 bits per heavy atom. The van der Waals surface area contributed by atoms with E-state index in [9.17, 15) is 47.9 Å². The standard InChI is InChI=1S/C12H17NO.C8H18N2O.C8H15NO.7C6H13NO.2C5H5N.C4H4N2.2C4H4O.C4H4S.C3H3NS.9C2H6.3CH4/c1-12(2,3)13-11(14)9-10-7-5-4-6-8-10;1-6(9-5)7(11)10-8(2,3)4;1-5-6-7(10)9-8(2,3)4;7*1-5(8)7-6(2,3)4;2*1-2-4-6-5-3-1;1-2-6-4-3-5-1;3*1-2-4-5-3-1;1-2-5-3-4-1;9*1-2;;;/h4-8H,9H2,1-3H3,(H,13,14);6,9H,1-5H3,(H,10,11);5H,1,6H2,2-4H3,(H,9,10);7*1-4H3,(H,7,8);2*1-5H;1-4H;3*1-4H;1-3H;9*1-2H3;3*1H4. The van der Waals surface area contributed by atoms with Crippen molar-refractivity contribution in [1.29, 1.82) is 0 Å². The summed E-state index contributed by atoms with van der Waals surface area (Å²) in [6.07, 6.45) is 24.3. The lowest BCUT2D eigenvalue weighted by atomic mass is 10.1. The molecule has 880 valence electrons. The van der Waals surface area contributed by atoms with Gasteiger partial charge in [0.15, 0.2) is 0 Å². The van der Waals surface area contributed by atoms with Gasteiger partial charge in [0, 0.05) is 171 Å². The largest absolute Gasteiger partial charge is 0.473 e. The molecule has 1 unspecified atom stereocenters. The van der Waals surface area contributed by atoms with E-state index in [-0.39, 0.29) is 143 Å². The van der Waals surface area contributed by atoms with Crippen LogP contribution in [-0.2, 0) is 54.4 Å². The molecule has 30 heteroatoms. The summed E-state index contributed by atoms with van der Waals surface area (Å²) in [5.74, 6) is 0.323. The number of carbonyl (C=O) groups excluding carboxylic acids is 10. The Balaban J connectivity index is -0.0000000616. The van der Waals surface area contributed by atoms with Crippen LogP contribution in [0, 0.1) is 0 Å². The highest BCUT2D eigenvalue weighted by molar-refractivity contribution is 7.07. The van der Waals surface area contributed by atoms with E-state index in [4.69, 9.17) is 0 Å². The lowest BCUT2D eigenvalue weighted by Crippen LogP contribution is -2.48. The number of hydrogen-bond acceptors (Lipinski definition) is 20. The summed E-state index contributed by atoms with van der Waals surface area (Å²) in [6.45, 7) is 111. The van der Waals surface area contributed by atoms with Crippen molar-refractivity contribution in [3.8, 4) is 0 Å². The first-order valence-corrected chi connectivity index (χ1v) is 53.0. The summed E-state index contributed by atoms with van der Waals surface area (Å²) in [5.41, 5.74) is 1.89. The Labute approximate surface area is 931 Å². The van der Waals surface area contributed by atoms with Crippen LogP contribution in [0.1, 0.15) is 422 Å². The number of thiophene rings is 1. The Morgan fingerprint density at radius 2 is 0.493 bits per heavy atom. The van der Waals surface area contributed by atoms with Crippen molar-refractivity contribution >= 4 is 81.7 Å². The number of rotatable bonds is 6. The number of thiazole rings is 1. The van der Waals surface area contributed by atoms with Crippen molar-refractivity contribution in [2.45, 2.75) is 484 Å². The zero-order chi connectivity index (χ0) is 120. The maximum absolute atomic E-state index is 11.5.